The van der Waals surface area contributed by atoms with Crippen LogP contribution >= 0.6 is 0 Å². The fourth-order valence-corrected chi connectivity index (χ4v) is 4.61. The maximum absolute atomic E-state index is 6.16. The summed E-state index contributed by atoms with van der Waals surface area (Å²) in [4.78, 5) is 5.05. The van der Waals surface area contributed by atoms with E-state index >= 15 is 0 Å². The molecule has 3 nitrogen and oxygen atoms in total. The Morgan fingerprint density at radius 2 is 1.32 bits per heavy atom. The zero-order valence-corrected chi connectivity index (χ0v) is 14.9. The summed E-state index contributed by atoms with van der Waals surface area (Å²) in [5, 5.41) is 5.85. The van der Waals surface area contributed by atoms with Gasteiger partial charge in [-0.05, 0) is 41.8 Å². The van der Waals surface area contributed by atoms with E-state index in [0.29, 0.717) is 0 Å². The first-order chi connectivity index (χ1) is 13.9. The van der Waals surface area contributed by atoms with Gasteiger partial charge in [-0.2, -0.15) is 0 Å². The molecule has 0 saturated heterocycles. The van der Waals surface area contributed by atoms with Gasteiger partial charge in [-0.1, -0.05) is 48.5 Å². The average Bonchev–Trinajstić information content (AvgIpc) is 3.32. The van der Waals surface area contributed by atoms with Crippen molar-refractivity contribution in [2.45, 2.75) is 0 Å². The van der Waals surface area contributed by atoms with Gasteiger partial charge in [-0.3, -0.25) is 4.40 Å². The molecule has 0 spiro atoms. The molecule has 7 aromatic rings. The minimum atomic E-state index is 0.901. The molecular weight excluding hydrogens is 344 g/mol. The van der Waals surface area contributed by atoms with Crippen LogP contribution in [0.15, 0.2) is 89.3 Å². The van der Waals surface area contributed by atoms with Gasteiger partial charge in [0, 0.05) is 21.5 Å². The lowest BCUT2D eigenvalue weighted by Gasteiger charge is -2.09. The second kappa shape index (κ2) is 4.90. The third-order valence-electron chi connectivity index (χ3n) is 5.76. The molecule has 0 N–H and O–H groups in total. The Morgan fingerprint density at radius 3 is 2.25 bits per heavy atom. The number of imidazole rings is 1. The van der Waals surface area contributed by atoms with E-state index in [1.54, 1.807) is 0 Å². The first-order valence-corrected chi connectivity index (χ1v) is 9.42. The summed E-state index contributed by atoms with van der Waals surface area (Å²) in [6.45, 7) is 0. The minimum absolute atomic E-state index is 0.901. The maximum Gasteiger partial charge on any atom is 0.147 e. The largest absolute Gasteiger partial charge is 0.456 e. The summed E-state index contributed by atoms with van der Waals surface area (Å²) in [6.07, 6.45) is 0. The van der Waals surface area contributed by atoms with E-state index in [1.807, 2.05) is 18.2 Å². The molecule has 0 aliphatic carbocycles. The number of aromatic nitrogens is 2. The van der Waals surface area contributed by atoms with E-state index in [2.05, 4.69) is 71.1 Å². The van der Waals surface area contributed by atoms with E-state index in [4.69, 9.17) is 9.40 Å². The molecule has 0 saturated carbocycles. The maximum atomic E-state index is 6.16. The van der Waals surface area contributed by atoms with Crippen LogP contribution in [0.3, 0.4) is 0 Å². The number of hydrogen-bond donors (Lipinski definition) is 0. The van der Waals surface area contributed by atoms with Crippen LogP contribution in [0.5, 0.6) is 0 Å². The molecule has 0 amide bonds. The number of benzene rings is 4. The van der Waals surface area contributed by atoms with Crippen molar-refractivity contribution in [2.24, 2.45) is 0 Å². The first kappa shape index (κ1) is 14.2. The zero-order chi connectivity index (χ0) is 18.2. The summed E-state index contributed by atoms with van der Waals surface area (Å²) >= 11 is 0. The van der Waals surface area contributed by atoms with Crippen LogP contribution in [-0.2, 0) is 0 Å². The fraction of sp³-hybridized carbons (Fsp3) is 0. The topological polar surface area (TPSA) is 30.4 Å². The molecule has 0 bridgehead atoms. The molecule has 3 heterocycles. The highest BCUT2D eigenvalue weighted by Gasteiger charge is 2.18. The Balaban J connectivity index is 1.93. The highest BCUT2D eigenvalue weighted by atomic mass is 16.3. The molecule has 0 radical (unpaired) electrons. The lowest BCUT2D eigenvalue weighted by molar-refractivity contribution is 0.669. The van der Waals surface area contributed by atoms with Gasteiger partial charge in [0.05, 0.1) is 16.6 Å². The fourth-order valence-electron chi connectivity index (χ4n) is 4.61. The van der Waals surface area contributed by atoms with Crippen molar-refractivity contribution in [3.63, 3.8) is 0 Å². The van der Waals surface area contributed by atoms with E-state index in [1.165, 1.54) is 16.3 Å². The van der Waals surface area contributed by atoms with Gasteiger partial charge in [-0.15, -0.1) is 0 Å². The molecule has 0 atom stereocenters. The molecule has 0 aliphatic heterocycles. The number of rotatable bonds is 0. The summed E-state index contributed by atoms with van der Waals surface area (Å²) in [5.41, 5.74) is 6.09. The third-order valence-corrected chi connectivity index (χ3v) is 5.76. The summed E-state index contributed by atoms with van der Waals surface area (Å²) in [7, 11) is 0. The van der Waals surface area contributed by atoms with E-state index in [0.717, 1.165) is 44.0 Å². The number of nitrogens with zero attached hydrogens (tertiary/aromatic N) is 2. The average molecular weight is 358 g/mol. The van der Waals surface area contributed by atoms with Crippen LogP contribution < -0.4 is 0 Å². The van der Waals surface area contributed by atoms with Gasteiger partial charge in [0.1, 0.15) is 16.8 Å². The van der Waals surface area contributed by atoms with Gasteiger partial charge >= 0.3 is 0 Å². The Labute approximate surface area is 159 Å². The molecule has 4 aromatic carbocycles. The lowest BCUT2D eigenvalue weighted by atomic mass is 10.0. The smallest absolute Gasteiger partial charge is 0.147 e. The van der Waals surface area contributed by atoms with Crippen LogP contribution in [0.2, 0.25) is 0 Å². The van der Waals surface area contributed by atoms with Crippen molar-refractivity contribution in [1.82, 2.24) is 9.38 Å². The Kier molecular flexibility index (Phi) is 2.49. The standard InChI is InChI=1S/C25H14N2O/c1-4-10-19-15(7-1)16-13-14-22-23(17-8-2-6-12-21(17)28-22)24(16)25-26-18-9-3-5-11-20(18)27(19)25/h1-14H. The quantitative estimate of drug-likeness (QED) is 0.283. The monoisotopic (exact) mass is 358 g/mol. The summed E-state index contributed by atoms with van der Waals surface area (Å²) in [6, 6.07) is 29.4. The number of hydrogen-bond acceptors (Lipinski definition) is 2. The van der Waals surface area contributed by atoms with E-state index in [-0.39, 0.29) is 0 Å². The number of para-hydroxylation sites is 4. The Hall–Kier alpha value is -3.85. The number of furan rings is 1. The van der Waals surface area contributed by atoms with Gasteiger partial charge in [0.2, 0.25) is 0 Å². The van der Waals surface area contributed by atoms with Gasteiger partial charge < -0.3 is 4.42 Å². The molecule has 3 aromatic heterocycles. The van der Waals surface area contributed by atoms with E-state index in [9.17, 15) is 0 Å². The van der Waals surface area contributed by atoms with Crippen molar-refractivity contribution in [3.8, 4) is 0 Å². The summed E-state index contributed by atoms with van der Waals surface area (Å²) < 4.78 is 8.44. The van der Waals surface area contributed by atoms with Crippen molar-refractivity contribution in [1.29, 1.82) is 0 Å². The highest BCUT2D eigenvalue weighted by Crippen LogP contribution is 2.40. The molecule has 0 fully saturated rings. The van der Waals surface area contributed by atoms with Gasteiger partial charge in [0.15, 0.2) is 0 Å². The Morgan fingerprint density at radius 1 is 0.571 bits per heavy atom. The Bertz CT molecular complexity index is 1720. The predicted molar refractivity (Wildman–Crippen MR) is 115 cm³/mol. The van der Waals surface area contributed by atoms with E-state index < -0.39 is 0 Å². The zero-order valence-electron chi connectivity index (χ0n) is 14.9. The molecular formula is C25H14N2O. The highest BCUT2D eigenvalue weighted by molar-refractivity contribution is 6.28. The lowest BCUT2D eigenvalue weighted by Crippen LogP contribution is -1.91. The summed E-state index contributed by atoms with van der Waals surface area (Å²) in [5.74, 6) is 0. The molecule has 0 unspecified atom stereocenters. The van der Waals surface area contributed by atoms with Crippen LogP contribution in [0, 0.1) is 0 Å². The van der Waals surface area contributed by atoms with Crippen molar-refractivity contribution in [2.75, 3.05) is 0 Å². The van der Waals surface area contributed by atoms with Crippen molar-refractivity contribution >= 4 is 60.3 Å². The van der Waals surface area contributed by atoms with Crippen LogP contribution in [0.25, 0.3) is 60.3 Å². The second-order valence-corrected chi connectivity index (χ2v) is 7.24. The number of fused-ring (bicyclic) bond motifs is 12. The van der Waals surface area contributed by atoms with Crippen LogP contribution in [0.4, 0.5) is 0 Å². The normalized spacial score (nSPS) is 12.3. The van der Waals surface area contributed by atoms with Crippen LogP contribution in [-0.4, -0.2) is 9.38 Å². The molecule has 0 aliphatic rings. The van der Waals surface area contributed by atoms with Crippen LogP contribution in [0.1, 0.15) is 0 Å². The van der Waals surface area contributed by atoms with Crippen molar-refractivity contribution < 1.29 is 4.42 Å². The van der Waals surface area contributed by atoms with Gasteiger partial charge in [-0.25, -0.2) is 4.98 Å². The second-order valence-electron chi connectivity index (χ2n) is 7.24. The SMILES string of the molecule is c1ccc2c(c1)nc1c3c(ccc4oc5ccccc5c43)c3ccccc3n21. The van der Waals surface area contributed by atoms with Gasteiger partial charge in [0.25, 0.3) is 0 Å². The molecule has 7 rings (SSSR count). The molecule has 28 heavy (non-hydrogen) atoms. The molecule has 130 valence electrons. The third kappa shape index (κ3) is 1.62. The first-order valence-electron chi connectivity index (χ1n) is 9.42. The molecule has 3 heteroatoms. The number of pyridine rings is 1. The van der Waals surface area contributed by atoms with Crippen molar-refractivity contribution in [3.05, 3.63) is 84.9 Å². The minimum Gasteiger partial charge on any atom is -0.456 e. The predicted octanol–water partition coefficient (Wildman–Crippen LogP) is 6.69.